The van der Waals surface area contributed by atoms with E-state index in [0.717, 1.165) is 55.5 Å². The summed E-state index contributed by atoms with van der Waals surface area (Å²) in [4.78, 5) is 3.98. The highest BCUT2D eigenvalue weighted by Gasteiger charge is 2.24. The van der Waals surface area contributed by atoms with Gasteiger partial charge >= 0.3 is 0 Å². The van der Waals surface area contributed by atoms with E-state index in [2.05, 4.69) is 30.0 Å². The standard InChI is InChI=1S/C21H28N2O3/c1-16-19(24-2)10-9-17(21(16)26-4)15-22-11-13-23(14-12-22)18-7-5-6-8-20(18)25-3/h5-10H,11-15H2,1-4H3/p+1. The lowest BCUT2D eigenvalue weighted by Gasteiger charge is -2.34. The molecule has 5 heteroatoms. The van der Waals surface area contributed by atoms with Crippen LogP contribution in [0.25, 0.3) is 0 Å². The summed E-state index contributed by atoms with van der Waals surface area (Å²) < 4.78 is 16.6. The lowest BCUT2D eigenvalue weighted by atomic mass is 10.1. The van der Waals surface area contributed by atoms with E-state index in [9.17, 15) is 0 Å². The van der Waals surface area contributed by atoms with Crippen molar-refractivity contribution >= 4 is 5.69 Å². The minimum atomic E-state index is 0.876. The zero-order valence-electron chi connectivity index (χ0n) is 16.2. The summed E-state index contributed by atoms with van der Waals surface area (Å²) in [7, 11) is 5.17. The summed E-state index contributed by atoms with van der Waals surface area (Å²) in [5.74, 6) is 2.77. The molecule has 0 spiro atoms. The molecular weight excluding hydrogens is 328 g/mol. The zero-order chi connectivity index (χ0) is 18.5. The molecule has 2 aromatic rings. The van der Waals surface area contributed by atoms with Gasteiger partial charge in [0, 0.05) is 11.1 Å². The van der Waals surface area contributed by atoms with E-state index in [1.165, 1.54) is 11.3 Å². The normalized spacial score (nSPS) is 15.0. The minimum Gasteiger partial charge on any atom is -0.496 e. The number of piperazine rings is 1. The number of hydrogen-bond donors (Lipinski definition) is 1. The molecule has 0 saturated carbocycles. The summed E-state index contributed by atoms with van der Waals surface area (Å²) in [5.41, 5.74) is 3.50. The number of quaternary nitrogens is 1. The van der Waals surface area contributed by atoms with Crippen molar-refractivity contribution in [3.8, 4) is 17.2 Å². The van der Waals surface area contributed by atoms with Crippen molar-refractivity contribution in [3.05, 3.63) is 47.5 Å². The highest BCUT2D eigenvalue weighted by molar-refractivity contribution is 5.58. The van der Waals surface area contributed by atoms with Gasteiger partial charge in [-0.3, -0.25) is 0 Å². The van der Waals surface area contributed by atoms with Gasteiger partial charge < -0.3 is 24.0 Å². The predicted octanol–water partition coefficient (Wildman–Crippen LogP) is 1.93. The third-order valence-electron chi connectivity index (χ3n) is 5.20. The minimum absolute atomic E-state index is 0.876. The molecule has 0 radical (unpaired) electrons. The lowest BCUT2D eigenvalue weighted by Crippen LogP contribution is -3.13. The van der Waals surface area contributed by atoms with Crippen LogP contribution in [-0.2, 0) is 6.54 Å². The van der Waals surface area contributed by atoms with E-state index in [0.29, 0.717) is 0 Å². The van der Waals surface area contributed by atoms with Crippen LogP contribution in [0.1, 0.15) is 11.1 Å². The highest BCUT2D eigenvalue weighted by Crippen LogP contribution is 2.31. The Hall–Kier alpha value is -2.40. The van der Waals surface area contributed by atoms with Gasteiger partial charge in [0.15, 0.2) is 0 Å². The maximum Gasteiger partial charge on any atom is 0.142 e. The fourth-order valence-electron chi connectivity index (χ4n) is 3.78. The molecule has 1 N–H and O–H groups in total. The number of hydrogen-bond acceptors (Lipinski definition) is 4. The largest absolute Gasteiger partial charge is 0.496 e. The van der Waals surface area contributed by atoms with Crippen molar-refractivity contribution in [1.82, 2.24) is 0 Å². The summed E-state index contributed by atoms with van der Waals surface area (Å²) in [6.07, 6.45) is 0. The van der Waals surface area contributed by atoms with Crippen molar-refractivity contribution in [3.63, 3.8) is 0 Å². The molecule has 3 rings (SSSR count). The maximum atomic E-state index is 5.66. The van der Waals surface area contributed by atoms with Crippen LogP contribution in [0, 0.1) is 6.92 Å². The molecule has 0 bridgehead atoms. The van der Waals surface area contributed by atoms with Crippen molar-refractivity contribution in [2.75, 3.05) is 52.4 Å². The van der Waals surface area contributed by atoms with Gasteiger partial charge in [-0.05, 0) is 31.2 Å². The summed E-state index contributed by atoms with van der Waals surface area (Å²) in [6, 6.07) is 12.4. The van der Waals surface area contributed by atoms with Crippen LogP contribution in [0.15, 0.2) is 36.4 Å². The lowest BCUT2D eigenvalue weighted by molar-refractivity contribution is -0.914. The Balaban J connectivity index is 1.67. The molecule has 0 aromatic heterocycles. The van der Waals surface area contributed by atoms with Gasteiger partial charge in [0.05, 0.1) is 53.2 Å². The highest BCUT2D eigenvalue weighted by atomic mass is 16.5. The SMILES string of the molecule is COc1ccccc1N1CC[NH+](Cc2ccc(OC)c(C)c2OC)CC1. The van der Waals surface area contributed by atoms with Gasteiger partial charge in [-0.15, -0.1) is 0 Å². The van der Waals surface area contributed by atoms with Crippen LogP contribution >= 0.6 is 0 Å². The van der Waals surface area contributed by atoms with Crippen LogP contribution in [-0.4, -0.2) is 47.5 Å². The van der Waals surface area contributed by atoms with Crippen molar-refractivity contribution in [1.29, 1.82) is 0 Å². The molecule has 0 aliphatic carbocycles. The third-order valence-corrected chi connectivity index (χ3v) is 5.20. The van der Waals surface area contributed by atoms with E-state index in [1.54, 1.807) is 26.2 Å². The van der Waals surface area contributed by atoms with Gasteiger partial charge in [-0.25, -0.2) is 0 Å². The van der Waals surface area contributed by atoms with Crippen LogP contribution in [0.3, 0.4) is 0 Å². The molecular formula is C21H29N2O3+. The van der Waals surface area contributed by atoms with Crippen LogP contribution in [0.4, 0.5) is 5.69 Å². The first-order valence-electron chi connectivity index (χ1n) is 9.10. The van der Waals surface area contributed by atoms with Gasteiger partial charge in [0.1, 0.15) is 23.8 Å². The average Bonchev–Trinajstić information content (AvgIpc) is 2.69. The average molecular weight is 357 g/mol. The summed E-state index contributed by atoms with van der Waals surface area (Å²) in [5, 5.41) is 0. The number of ether oxygens (including phenoxy) is 3. The van der Waals surface area contributed by atoms with Gasteiger partial charge in [-0.2, -0.15) is 0 Å². The molecule has 2 aromatic carbocycles. The van der Waals surface area contributed by atoms with Crippen LogP contribution in [0.2, 0.25) is 0 Å². The van der Waals surface area contributed by atoms with E-state index < -0.39 is 0 Å². The maximum absolute atomic E-state index is 5.66. The van der Waals surface area contributed by atoms with Crippen molar-refractivity contribution in [2.45, 2.75) is 13.5 Å². The Labute approximate surface area is 156 Å². The first kappa shape index (κ1) is 18.4. The first-order valence-corrected chi connectivity index (χ1v) is 9.10. The molecule has 1 fully saturated rings. The Morgan fingerprint density at radius 2 is 1.58 bits per heavy atom. The molecule has 5 nitrogen and oxygen atoms in total. The molecule has 0 amide bonds. The van der Waals surface area contributed by atoms with Crippen LogP contribution in [0.5, 0.6) is 17.2 Å². The van der Waals surface area contributed by atoms with E-state index >= 15 is 0 Å². The van der Waals surface area contributed by atoms with Gasteiger partial charge in [0.2, 0.25) is 0 Å². The second kappa shape index (κ2) is 8.32. The molecule has 1 heterocycles. The number of para-hydroxylation sites is 2. The molecule has 140 valence electrons. The molecule has 1 aliphatic heterocycles. The summed E-state index contributed by atoms with van der Waals surface area (Å²) >= 11 is 0. The number of anilines is 1. The number of rotatable bonds is 6. The zero-order valence-corrected chi connectivity index (χ0v) is 16.2. The van der Waals surface area contributed by atoms with Gasteiger partial charge in [0.25, 0.3) is 0 Å². The molecule has 0 unspecified atom stereocenters. The number of nitrogens with zero attached hydrogens (tertiary/aromatic N) is 1. The Morgan fingerprint density at radius 1 is 0.885 bits per heavy atom. The Kier molecular flexibility index (Phi) is 5.89. The molecule has 1 aliphatic rings. The van der Waals surface area contributed by atoms with Crippen molar-refractivity contribution < 1.29 is 19.1 Å². The molecule has 0 atom stereocenters. The Morgan fingerprint density at radius 3 is 2.23 bits per heavy atom. The summed E-state index contributed by atoms with van der Waals surface area (Å²) in [6.45, 7) is 7.24. The van der Waals surface area contributed by atoms with E-state index in [1.807, 2.05) is 18.2 Å². The second-order valence-electron chi connectivity index (χ2n) is 6.67. The Bertz CT molecular complexity index is 740. The number of benzene rings is 2. The van der Waals surface area contributed by atoms with Crippen molar-refractivity contribution in [2.24, 2.45) is 0 Å². The first-order chi connectivity index (χ1) is 12.7. The fourth-order valence-corrected chi connectivity index (χ4v) is 3.78. The molecule has 1 saturated heterocycles. The topological polar surface area (TPSA) is 35.4 Å². The fraction of sp³-hybridized carbons (Fsp3) is 0.429. The second-order valence-corrected chi connectivity index (χ2v) is 6.67. The van der Waals surface area contributed by atoms with E-state index in [-0.39, 0.29) is 0 Å². The monoisotopic (exact) mass is 357 g/mol. The predicted molar refractivity (Wildman–Crippen MR) is 104 cm³/mol. The third kappa shape index (κ3) is 3.73. The van der Waals surface area contributed by atoms with E-state index in [4.69, 9.17) is 14.2 Å². The van der Waals surface area contributed by atoms with Crippen LogP contribution < -0.4 is 24.0 Å². The number of methoxy groups -OCH3 is 3. The molecule has 26 heavy (non-hydrogen) atoms. The quantitative estimate of drug-likeness (QED) is 0.857. The van der Waals surface area contributed by atoms with Gasteiger partial charge in [-0.1, -0.05) is 12.1 Å². The smallest absolute Gasteiger partial charge is 0.142 e. The number of nitrogens with one attached hydrogen (secondary N) is 1.